The molecular formula is C18H27NS. The van der Waals surface area contributed by atoms with Gasteiger partial charge in [-0.1, -0.05) is 45.7 Å². The van der Waals surface area contributed by atoms with E-state index in [0.717, 1.165) is 5.52 Å². The topological polar surface area (TPSA) is 12.9 Å². The summed E-state index contributed by atoms with van der Waals surface area (Å²) in [4.78, 5) is 4.72. The van der Waals surface area contributed by atoms with Crippen LogP contribution in [0.5, 0.6) is 0 Å². The van der Waals surface area contributed by atoms with E-state index >= 15 is 0 Å². The summed E-state index contributed by atoms with van der Waals surface area (Å²) in [7, 11) is 0. The van der Waals surface area contributed by atoms with Crippen molar-refractivity contribution in [2.45, 2.75) is 58.9 Å². The van der Waals surface area contributed by atoms with Gasteiger partial charge in [0.15, 0.2) is 0 Å². The van der Waals surface area contributed by atoms with Gasteiger partial charge >= 0.3 is 0 Å². The standard InChI is InChI=1S/C13H13NS.C3H8.C2H6/c1-9-4-5-12-11(7-9)8-10-3-2-6-15-13(10)14-12;1-3-2;1-2/h4-5,7-8H,2-3,6H2,1H3;3H2,1-2H3;1-2H3. The van der Waals surface area contributed by atoms with Gasteiger partial charge < -0.3 is 0 Å². The molecule has 0 spiro atoms. The minimum absolute atomic E-state index is 1.13. The molecule has 0 N–H and O–H groups in total. The minimum Gasteiger partial charge on any atom is -0.241 e. The maximum atomic E-state index is 4.72. The average Bonchev–Trinajstić information content (AvgIpc) is 2.48. The molecular weight excluding hydrogens is 262 g/mol. The highest BCUT2D eigenvalue weighted by molar-refractivity contribution is 7.99. The van der Waals surface area contributed by atoms with Gasteiger partial charge in [-0.3, -0.25) is 0 Å². The number of rotatable bonds is 0. The van der Waals surface area contributed by atoms with E-state index in [9.17, 15) is 0 Å². The van der Waals surface area contributed by atoms with Gasteiger partial charge in [-0.2, -0.15) is 0 Å². The summed E-state index contributed by atoms with van der Waals surface area (Å²) < 4.78 is 0. The number of hydrogen-bond acceptors (Lipinski definition) is 2. The van der Waals surface area contributed by atoms with Crippen molar-refractivity contribution in [3.63, 3.8) is 0 Å². The largest absolute Gasteiger partial charge is 0.241 e. The molecule has 3 rings (SSSR count). The van der Waals surface area contributed by atoms with Crippen LogP contribution in [0.25, 0.3) is 10.9 Å². The molecule has 1 nitrogen and oxygen atoms in total. The van der Waals surface area contributed by atoms with E-state index in [-0.39, 0.29) is 0 Å². The zero-order valence-corrected chi connectivity index (χ0v) is 14.3. The molecule has 0 aliphatic carbocycles. The minimum atomic E-state index is 1.13. The number of fused-ring (bicyclic) bond motifs is 2. The summed E-state index contributed by atoms with van der Waals surface area (Å²) in [5, 5.41) is 2.54. The normalized spacial score (nSPS) is 12.7. The van der Waals surface area contributed by atoms with Crippen LogP contribution in [0.3, 0.4) is 0 Å². The van der Waals surface area contributed by atoms with Crippen LogP contribution in [-0.4, -0.2) is 10.7 Å². The Labute approximate surface area is 128 Å². The fourth-order valence-electron chi connectivity index (χ4n) is 2.06. The molecule has 0 saturated heterocycles. The first kappa shape index (κ1) is 17.0. The van der Waals surface area contributed by atoms with Gasteiger partial charge in [0.25, 0.3) is 0 Å². The number of thioether (sulfide) groups is 1. The Balaban J connectivity index is 0.000000357. The number of benzene rings is 1. The SMILES string of the molecule is CC.CCC.Cc1ccc2nc3c(cc2c1)CCCS3. The highest BCUT2D eigenvalue weighted by atomic mass is 32.2. The van der Waals surface area contributed by atoms with E-state index in [4.69, 9.17) is 4.98 Å². The Hall–Kier alpha value is -1.02. The summed E-state index contributed by atoms with van der Waals surface area (Å²) in [6, 6.07) is 8.80. The Morgan fingerprint density at radius 3 is 2.55 bits per heavy atom. The molecule has 0 radical (unpaired) electrons. The molecule has 0 amide bonds. The number of aryl methyl sites for hydroxylation is 2. The van der Waals surface area contributed by atoms with Crippen molar-refractivity contribution in [2.24, 2.45) is 0 Å². The first-order chi connectivity index (χ1) is 9.74. The second kappa shape index (κ2) is 9.02. The molecule has 2 heteroatoms. The molecule has 0 saturated carbocycles. The summed E-state index contributed by atoms with van der Waals surface area (Å²) >= 11 is 1.90. The number of aromatic nitrogens is 1. The molecule has 20 heavy (non-hydrogen) atoms. The van der Waals surface area contributed by atoms with Crippen molar-refractivity contribution in [1.29, 1.82) is 0 Å². The lowest BCUT2D eigenvalue weighted by molar-refractivity contribution is 0.867. The predicted octanol–water partition coefficient (Wildman–Crippen LogP) is 6.02. The summed E-state index contributed by atoms with van der Waals surface area (Å²) in [5.74, 6) is 1.22. The second-order valence-electron chi connectivity index (χ2n) is 4.81. The van der Waals surface area contributed by atoms with Crippen LogP contribution in [0.15, 0.2) is 29.3 Å². The van der Waals surface area contributed by atoms with Gasteiger partial charge in [0.2, 0.25) is 0 Å². The lowest BCUT2D eigenvalue weighted by Gasteiger charge is -2.14. The molecule has 2 aromatic rings. The van der Waals surface area contributed by atoms with Crippen molar-refractivity contribution >= 4 is 22.7 Å². The van der Waals surface area contributed by atoms with Crippen LogP contribution in [0.2, 0.25) is 0 Å². The Morgan fingerprint density at radius 2 is 1.85 bits per heavy atom. The fourth-order valence-corrected chi connectivity index (χ4v) is 3.05. The number of pyridine rings is 1. The summed E-state index contributed by atoms with van der Waals surface area (Å²) in [5.41, 5.74) is 3.88. The van der Waals surface area contributed by atoms with E-state index in [1.54, 1.807) is 0 Å². The highest BCUT2D eigenvalue weighted by Gasteiger charge is 2.11. The zero-order chi connectivity index (χ0) is 15.0. The van der Waals surface area contributed by atoms with Gasteiger partial charge in [-0.05, 0) is 49.3 Å². The molecule has 1 aromatic heterocycles. The third kappa shape index (κ3) is 4.52. The van der Waals surface area contributed by atoms with Gasteiger partial charge in [0.1, 0.15) is 0 Å². The van der Waals surface area contributed by atoms with Crippen LogP contribution >= 0.6 is 11.8 Å². The number of nitrogens with zero attached hydrogens (tertiary/aromatic N) is 1. The zero-order valence-electron chi connectivity index (χ0n) is 13.5. The van der Waals surface area contributed by atoms with E-state index in [1.807, 2.05) is 25.6 Å². The maximum Gasteiger partial charge on any atom is 0.0999 e. The molecule has 1 aromatic carbocycles. The van der Waals surface area contributed by atoms with Crippen molar-refractivity contribution < 1.29 is 0 Å². The molecule has 0 atom stereocenters. The van der Waals surface area contributed by atoms with Gasteiger partial charge in [-0.15, -0.1) is 11.8 Å². The Morgan fingerprint density at radius 1 is 1.15 bits per heavy atom. The molecule has 110 valence electrons. The smallest absolute Gasteiger partial charge is 0.0999 e. The molecule has 1 aliphatic rings. The monoisotopic (exact) mass is 289 g/mol. The third-order valence-corrected chi connectivity index (χ3v) is 3.96. The maximum absolute atomic E-state index is 4.72. The van der Waals surface area contributed by atoms with Crippen LogP contribution < -0.4 is 0 Å². The number of hydrogen-bond donors (Lipinski definition) is 0. The average molecular weight is 289 g/mol. The van der Waals surface area contributed by atoms with Crippen LogP contribution in [0.1, 0.15) is 51.7 Å². The Bertz CT molecular complexity index is 534. The van der Waals surface area contributed by atoms with E-state index in [2.05, 4.69) is 45.0 Å². The van der Waals surface area contributed by atoms with E-state index < -0.39 is 0 Å². The first-order valence-electron chi connectivity index (χ1n) is 7.77. The van der Waals surface area contributed by atoms with Crippen molar-refractivity contribution in [1.82, 2.24) is 4.98 Å². The summed E-state index contributed by atoms with van der Waals surface area (Å²) in [6.07, 6.45) is 3.73. The van der Waals surface area contributed by atoms with E-state index in [1.165, 1.54) is 46.6 Å². The van der Waals surface area contributed by atoms with Crippen molar-refractivity contribution in [3.05, 3.63) is 35.4 Å². The van der Waals surface area contributed by atoms with Crippen molar-refractivity contribution in [3.8, 4) is 0 Å². The predicted molar refractivity (Wildman–Crippen MR) is 92.8 cm³/mol. The second-order valence-corrected chi connectivity index (χ2v) is 5.89. The third-order valence-electron chi connectivity index (χ3n) is 2.84. The van der Waals surface area contributed by atoms with Gasteiger partial charge in [-0.25, -0.2) is 4.98 Å². The van der Waals surface area contributed by atoms with Crippen LogP contribution in [0, 0.1) is 6.92 Å². The van der Waals surface area contributed by atoms with Crippen LogP contribution in [0.4, 0.5) is 0 Å². The summed E-state index contributed by atoms with van der Waals surface area (Å²) in [6.45, 7) is 10.4. The highest BCUT2D eigenvalue weighted by Crippen LogP contribution is 2.30. The lowest BCUT2D eigenvalue weighted by Crippen LogP contribution is -2.00. The molecule has 0 bridgehead atoms. The Kier molecular flexibility index (Phi) is 7.68. The van der Waals surface area contributed by atoms with Crippen LogP contribution in [-0.2, 0) is 6.42 Å². The molecule has 0 fully saturated rings. The molecule has 0 unspecified atom stereocenters. The lowest BCUT2D eigenvalue weighted by atomic mass is 10.1. The van der Waals surface area contributed by atoms with Gasteiger partial charge in [0.05, 0.1) is 10.5 Å². The molecule has 1 aliphatic heterocycles. The fraction of sp³-hybridized carbons (Fsp3) is 0.500. The quantitative estimate of drug-likeness (QED) is 0.588. The first-order valence-corrected chi connectivity index (χ1v) is 8.76. The van der Waals surface area contributed by atoms with Gasteiger partial charge in [0, 0.05) is 5.39 Å². The van der Waals surface area contributed by atoms with Crippen molar-refractivity contribution in [2.75, 3.05) is 5.75 Å². The van der Waals surface area contributed by atoms with E-state index in [0.29, 0.717) is 0 Å². The molecule has 2 heterocycles.